The van der Waals surface area contributed by atoms with Gasteiger partial charge >= 0.3 is 0 Å². The monoisotopic (exact) mass is 305 g/mol. The molecule has 2 nitrogen and oxygen atoms in total. The highest BCUT2D eigenvalue weighted by atomic mass is 79.9. The lowest BCUT2D eigenvalue weighted by atomic mass is 10.0. The third-order valence-corrected chi connectivity index (χ3v) is 3.29. The van der Waals surface area contributed by atoms with Crippen LogP contribution in [-0.4, -0.2) is 13.2 Å². The Bertz CT molecular complexity index is 487. The standard InChI is InChI=1S/C15H16BrNO/c16-14-6-4-5-12(9-14)13(10-17)11-18-15-7-2-1-3-8-15/h1-9,13H,10-11,17H2. The number of hydrogen-bond acceptors (Lipinski definition) is 2. The first-order valence-electron chi connectivity index (χ1n) is 5.93. The Balaban J connectivity index is 2.02. The fourth-order valence-corrected chi connectivity index (χ4v) is 2.19. The van der Waals surface area contributed by atoms with Gasteiger partial charge in [-0.3, -0.25) is 0 Å². The normalized spacial score (nSPS) is 12.1. The van der Waals surface area contributed by atoms with Gasteiger partial charge in [0.1, 0.15) is 5.75 Å². The lowest BCUT2D eigenvalue weighted by molar-refractivity contribution is 0.290. The van der Waals surface area contributed by atoms with Crippen LogP contribution >= 0.6 is 15.9 Å². The minimum absolute atomic E-state index is 0.211. The van der Waals surface area contributed by atoms with Crippen LogP contribution in [0.1, 0.15) is 11.5 Å². The third kappa shape index (κ3) is 3.59. The van der Waals surface area contributed by atoms with E-state index in [4.69, 9.17) is 10.5 Å². The predicted molar refractivity (Wildman–Crippen MR) is 77.9 cm³/mol. The molecule has 2 N–H and O–H groups in total. The summed E-state index contributed by atoms with van der Waals surface area (Å²) in [5.41, 5.74) is 7.02. The molecule has 0 heterocycles. The van der Waals surface area contributed by atoms with Gasteiger partial charge in [0.2, 0.25) is 0 Å². The summed E-state index contributed by atoms with van der Waals surface area (Å²) >= 11 is 3.47. The van der Waals surface area contributed by atoms with Crippen molar-refractivity contribution in [3.63, 3.8) is 0 Å². The van der Waals surface area contributed by atoms with Gasteiger partial charge < -0.3 is 10.5 Å². The predicted octanol–water partition coefficient (Wildman–Crippen LogP) is 3.57. The first-order chi connectivity index (χ1) is 8.79. The largest absolute Gasteiger partial charge is 0.493 e. The highest BCUT2D eigenvalue weighted by Gasteiger charge is 2.10. The van der Waals surface area contributed by atoms with E-state index in [2.05, 4.69) is 28.1 Å². The molecule has 0 saturated carbocycles. The van der Waals surface area contributed by atoms with E-state index in [9.17, 15) is 0 Å². The zero-order valence-corrected chi connectivity index (χ0v) is 11.6. The van der Waals surface area contributed by atoms with Gasteiger partial charge in [0.05, 0.1) is 6.61 Å². The van der Waals surface area contributed by atoms with Crippen LogP contribution in [0.4, 0.5) is 0 Å². The fraction of sp³-hybridized carbons (Fsp3) is 0.200. The van der Waals surface area contributed by atoms with Gasteiger partial charge in [-0.25, -0.2) is 0 Å². The van der Waals surface area contributed by atoms with Crippen molar-refractivity contribution >= 4 is 15.9 Å². The SMILES string of the molecule is NCC(COc1ccccc1)c1cccc(Br)c1. The molecule has 0 aromatic heterocycles. The molecule has 0 fully saturated rings. The maximum atomic E-state index is 5.82. The summed E-state index contributed by atoms with van der Waals surface area (Å²) in [5.74, 6) is 1.09. The zero-order chi connectivity index (χ0) is 12.8. The van der Waals surface area contributed by atoms with Crippen molar-refractivity contribution in [3.8, 4) is 5.75 Å². The Kier molecular flexibility index (Phi) is 4.79. The second kappa shape index (κ2) is 6.57. The smallest absolute Gasteiger partial charge is 0.119 e. The molecular formula is C15H16BrNO. The van der Waals surface area contributed by atoms with E-state index >= 15 is 0 Å². The van der Waals surface area contributed by atoms with Crippen LogP contribution in [0.5, 0.6) is 5.75 Å². The molecule has 0 aliphatic carbocycles. The number of rotatable bonds is 5. The third-order valence-electron chi connectivity index (χ3n) is 2.80. The molecule has 1 atom stereocenters. The van der Waals surface area contributed by atoms with Crippen LogP contribution in [0.3, 0.4) is 0 Å². The van der Waals surface area contributed by atoms with Crippen LogP contribution < -0.4 is 10.5 Å². The molecule has 2 aromatic carbocycles. The number of benzene rings is 2. The maximum Gasteiger partial charge on any atom is 0.119 e. The molecule has 0 amide bonds. The Hall–Kier alpha value is -1.32. The number of ether oxygens (including phenoxy) is 1. The Labute approximate surface area is 116 Å². The van der Waals surface area contributed by atoms with E-state index in [0.29, 0.717) is 13.2 Å². The average molecular weight is 306 g/mol. The second-order valence-electron chi connectivity index (χ2n) is 4.11. The lowest BCUT2D eigenvalue weighted by Crippen LogP contribution is -2.19. The Morgan fingerprint density at radius 2 is 1.83 bits per heavy atom. The van der Waals surface area contributed by atoms with E-state index in [1.807, 2.05) is 42.5 Å². The van der Waals surface area contributed by atoms with Crippen molar-refractivity contribution in [2.24, 2.45) is 5.73 Å². The van der Waals surface area contributed by atoms with Crippen molar-refractivity contribution in [2.75, 3.05) is 13.2 Å². The van der Waals surface area contributed by atoms with Gasteiger partial charge in [0.15, 0.2) is 0 Å². The minimum atomic E-state index is 0.211. The topological polar surface area (TPSA) is 35.2 Å². The van der Waals surface area contributed by atoms with Gasteiger partial charge in [-0.1, -0.05) is 46.3 Å². The van der Waals surface area contributed by atoms with Gasteiger partial charge in [0, 0.05) is 16.9 Å². The molecule has 0 aliphatic rings. The minimum Gasteiger partial charge on any atom is -0.493 e. The fourth-order valence-electron chi connectivity index (χ4n) is 1.77. The molecule has 2 rings (SSSR count). The van der Waals surface area contributed by atoms with E-state index in [1.54, 1.807) is 0 Å². The summed E-state index contributed by atoms with van der Waals surface area (Å²) in [7, 11) is 0. The van der Waals surface area contributed by atoms with Crippen molar-refractivity contribution in [3.05, 3.63) is 64.6 Å². The van der Waals surface area contributed by atoms with E-state index in [1.165, 1.54) is 5.56 Å². The van der Waals surface area contributed by atoms with Crippen LogP contribution in [0.2, 0.25) is 0 Å². The highest BCUT2D eigenvalue weighted by molar-refractivity contribution is 9.10. The van der Waals surface area contributed by atoms with Crippen LogP contribution in [0.15, 0.2) is 59.1 Å². The lowest BCUT2D eigenvalue weighted by Gasteiger charge is -2.16. The number of para-hydroxylation sites is 1. The molecular weight excluding hydrogens is 290 g/mol. The molecule has 0 bridgehead atoms. The summed E-state index contributed by atoms with van der Waals surface area (Å²) < 4.78 is 6.83. The van der Waals surface area contributed by atoms with Crippen molar-refractivity contribution < 1.29 is 4.74 Å². The van der Waals surface area contributed by atoms with E-state index in [0.717, 1.165) is 10.2 Å². The maximum absolute atomic E-state index is 5.82. The summed E-state index contributed by atoms with van der Waals surface area (Å²) in [4.78, 5) is 0. The summed E-state index contributed by atoms with van der Waals surface area (Å²) in [5, 5.41) is 0. The van der Waals surface area contributed by atoms with Crippen LogP contribution in [0, 0.1) is 0 Å². The highest BCUT2D eigenvalue weighted by Crippen LogP contribution is 2.20. The summed E-state index contributed by atoms with van der Waals surface area (Å²) in [6, 6.07) is 18.0. The molecule has 2 aromatic rings. The van der Waals surface area contributed by atoms with Crippen molar-refractivity contribution in [2.45, 2.75) is 5.92 Å². The zero-order valence-electron chi connectivity index (χ0n) is 10.1. The van der Waals surface area contributed by atoms with E-state index < -0.39 is 0 Å². The van der Waals surface area contributed by atoms with Gasteiger partial charge in [-0.15, -0.1) is 0 Å². The molecule has 94 valence electrons. The quantitative estimate of drug-likeness (QED) is 0.916. The molecule has 0 spiro atoms. The summed E-state index contributed by atoms with van der Waals surface area (Å²) in [6.07, 6.45) is 0. The number of hydrogen-bond donors (Lipinski definition) is 1. The molecule has 18 heavy (non-hydrogen) atoms. The first kappa shape index (κ1) is 13.1. The molecule has 1 unspecified atom stereocenters. The number of halogens is 1. The molecule has 0 radical (unpaired) electrons. The number of nitrogens with two attached hydrogens (primary N) is 1. The first-order valence-corrected chi connectivity index (χ1v) is 6.72. The van der Waals surface area contributed by atoms with Gasteiger partial charge in [0.25, 0.3) is 0 Å². The average Bonchev–Trinajstić information content (AvgIpc) is 2.41. The van der Waals surface area contributed by atoms with Crippen molar-refractivity contribution in [1.29, 1.82) is 0 Å². The van der Waals surface area contributed by atoms with Crippen molar-refractivity contribution in [1.82, 2.24) is 0 Å². The Morgan fingerprint density at radius 3 is 2.50 bits per heavy atom. The molecule has 0 saturated heterocycles. The van der Waals surface area contributed by atoms with E-state index in [-0.39, 0.29) is 5.92 Å². The Morgan fingerprint density at radius 1 is 1.06 bits per heavy atom. The van der Waals surface area contributed by atoms with Gasteiger partial charge in [-0.2, -0.15) is 0 Å². The van der Waals surface area contributed by atoms with Crippen LogP contribution in [0.25, 0.3) is 0 Å². The summed E-state index contributed by atoms with van der Waals surface area (Å²) in [6.45, 7) is 1.17. The molecule has 0 aliphatic heterocycles. The molecule has 3 heteroatoms. The van der Waals surface area contributed by atoms with Gasteiger partial charge in [-0.05, 0) is 29.8 Å². The van der Waals surface area contributed by atoms with Crippen LogP contribution in [-0.2, 0) is 0 Å². The second-order valence-corrected chi connectivity index (χ2v) is 5.03.